The molecule has 0 spiro atoms. The summed E-state index contributed by atoms with van der Waals surface area (Å²) in [5.74, 6) is -0.358. The predicted molar refractivity (Wildman–Crippen MR) is 149 cm³/mol. The van der Waals surface area contributed by atoms with Gasteiger partial charge < -0.3 is 19.3 Å². The number of ether oxygens (including phenoxy) is 3. The fourth-order valence-electron chi connectivity index (χ4n) is 4.68. The minimum atomic E-state index is -0.753. The van der Waals surface area contributed by atoms with Crippen LogP contribution >= 0.6 is 0 Å². The number of unbranched alkanes of at least 4 members (excludes halogenated alkanes) is 11. The van der Waals surface area contributed by atoms with E-state index in [9.17, 15) is 9.90 Å². The van der Waals surface area contributed by atoms with Gasteiger partial charge in [0.25, 0.3) is 0 Å². The molecule has 3 atom stereocenters. The van der Waals surface area contributed by atoms with Crippen molar-refractivity contribution in [3.05, 3.63) is 12.2 Å². The van der Waals surface area contributed by atoms with Crippen LogP contribution in [0.5, 0.6) is 0 Å². The van der Waals surface area contributed by atoms with Gasteiger partial charge in [0.2, 0.25) is 0 Å². The highest BCUT2D eigenvalue weighted by atomic mass is 16.7. The van der Waals surface area contributed by atoms with E-state index in [0.717, 1.165) is 38.7 Å². The van der Waals surface area contributed by atoms with Crippen LogP contribution in [0, 0.1) is 0 Å². The lowest BCUT2D eigenvalue weighted by molar-refractivity contribution is -0.195. The summed E-state index contributed by atoms with van der Waals surface area (Å²) in [5.41, 5.74) is -0.535. The van der Waals surface area contributed by atoms with Gasteiger partial charge in [-0.05, 0) is 72.1 Å². The van der Waals surface area contributed by atoms with Crippen molar-refractivity contribution >= 4 is 5.97 Å². The first-order chi connectivity index (χ1) is 17.3. The van der Waals surface area contributed by atoms with Crippen molar-refractivity contribution in [3.8, 4) is 0 Å². The standard InChI is InChI=1S/C31H58O5/c1-5-6-7-8-9-10-11-12-13-14-15-16-17-18-19-22-28(35-30-23-20-21-24-34-30)25-27(32)26-29(33)36-31(2,3)4/h12-13,27-28,30,32H,5-11,14-26H2,1-4H3/t27-,28+,30?/m0/s1. The molecule has 1 aliphatic heterocycles. The van der Waals surface area contributed by atoms with Gasteiger partial charge in [0, 0.05) is 13.0 Å². The molecular formula is C31H58O5. The molecule has 0 saturated carbocycles. The van der Waals surface area contributed by atoms with Gasteiger partial charge in [0.05, 0.1) is 18.6 Å². The summed E-state index contributed by atoms with van der Waals surface area (Å²) in [6.45, 7) is 8.54. The summed E-state index contributed by atoms with van der Waals surface area (Å²) in [6, 6.07) is 0. The quantitative estimate of drug-likeness (QED) is 0.0953. The van der Waals surface area contributed by atoms with E-state index in [2.05, 4.69) is 19.1 Å². The summed E-state index contributed by atoms with van der Waals surface area (Å²) in [6.07, 6.45) is 24.8. The topological polar surface area (TPSA) is 65.0 Å². The second-order valence-electron chi connectivity index (χ2n) is 11.6. The summed E-state index contributed by atoms with van der Waals surface area (Å²) < 4.78 is 17.3. The van der Waals surface area contributed by atoms with E-state index in [1.165, 1.54) is 77.0 Å². The molecule has 1 aliphatic rings. The van der Waals surface area contributed by atoms with Crippen LogP contribution in [-0.4, -0.2) is 41.8 Å². The number of hydrogen-bond donors (Lipinski definition) is 1. The van der Waals surface area contributed by atoms with E-state index in [1.54, 1.807) is 0 Å². The van der Waals surface area contributed by atoms with Gasteiger partial charge in [0.15, 0.2) is 6.29 Å². The first-order valence-electron chi connectivity index (χ1n) is 15.1. The maximum atomic E-state index is 12.1. The van der Waals surface area contributed by atoms with Crippen LogP contribution in [0.15, 0.2) is 12.2 Å². The predicted octanol–water partition coefficient (Wildman–Crippen LogP) is 8.42. The van der Waals surface area contributed by atoms with Gasteiger partial charge in [-0.25, -0.2) is 0 Å². The SMILES string of the molecule is CCCCCCCCC=CCCCCCCC[C@H](C[C@H](O)CC(=O)OC(C)(C)C)OC1CCCCO1. The molecule has 0 aromatic rings. The van der Waals surface area contributed by atoms with Crippen LogP contribution in [0.1, 0.15) is 150 Å². The summed E-state index contributed by atoms with van der Waals surface area (Å²) in [5, 5.41) is 10.5. The van der Waals surface area contributed by atoms with Crippen LogP contribution in [0.25, 0.3) is 0 Å². The normalized spacial score (nSPS) is 18.4. The fourth-order valence-corrected chi connectivity index (χ4v) is 4.68. The van der Waals surface area contributed by atoms with Crippen molar-refractivity contribution in [1.82, 2.24) is 0 Å². The van der Waals surface area contributed by atoms with E-state index in [1.807, 2.05) is 20.8 Å². The average molecular weight is 511 g/mol. The Morgan fingerprint density at radius 3 is 2.14 bits per heavy atom. The molecule has 5 nitrogen and oxygen atoms in total. The first-order valence-corrected chi connectivity index (χ1v) is 15.1. The molecular weight excluding hydrogens is 452 g/mol. The third-order valence-electron chi connectivity index (χ3n) is 6.63. The van der Waals surface area contributed by atoms with Crippen LogP contribution in [0.3, 0.4) is 0 Å². The van der Waals surface area contributed by atoms with Crippen LogP contribution in [-0.2, 0) is 19.0 Å². The number of aliphatic hydroxyl groups excluding tert-OH is 1. The van der Waals surface area contributed by atoms with Crippen molar-refractivity contribution < 1.29 is 24.1 Å². The molecule has 0 bridgehead atoms. The molecule has 36 heavy (non-hydrogen) atoms. The lowest BCUT2D eigenvalue weighted by atomic mass is 10.0. The van der Waals surface area contributed by atoms with Crippen molar-refractivity contribution in [2.24, 2.45) is 0 Å². The van der Waals surface area contributed by atoms with E-state index in [4.69, 9.17) is 14.2 Å². The van der Waals surface area contributed by atoms with Crippen LogP contribution in [0.4, 0.5) is 0 Å². The van der Waals surface area contributed by atoms with Crippen molar-refractivity contribution in [3.63, 3.8) is 0 Å². The number of carbonyl (C=O) groups is 1. The lowest BCUT2D eigenvalue weighted by Gasteiger charge is -2.29. The zero-order valence-electron chi connectivity index (χ0n) is 24.1. The Kier molecular flexibility index (Phi) is 19.4. The average Bonchev–Trinajstić information content (AvgIpc) is 2.80. The monoisotopic (exact) mass is 510 g/mol. The minimum Gasteiger partial charge on any atom is -0.460 e. The van der Waals surface area contributed by atoms with E-state index in [-0.39, 0.29) is 24.8 Å². The van der Waals surface area contributed by atoms with Crippen LogP contribution < -0.4 is 0 Å². The molecule has 0 aliphatic carbocycles. The highest BCUT2D eigenvalue weighted by Crippen LogP contribution is 2.22. The van der Waals surface area contributed by atoms with Gasteiger partial charge in [-0.15, -0.1) is 0 Å². The Morgan fingerprint density at radius 1 is 0.944 bits per heavy atom. The number of carbonyl (C=O) groups excluding carboxylic acids is 1. The first kappa shape index (κ1) is 33.1. The zero-order valence-corrected chi connectivity index (χ0v) is 24.1. The summed E-state index contributed by atoms with van der Waals surface area (Å²) in [7, 11) is 0. The van der Waals surface area contributed by atoms with E-state index in [0.29, 0.717) is 6.42 Å². The van der Waals surface area contributed by atoms with E-state index < -0.39 is 11.7 Å². The van der Waals surface area contributed by atoms with E-state index >= 15 is 0 Å². The number of rotatable bonds is 21. The molecule has 1 rings (SSSR count). The van der Waals surface area contributed by atoms with Crippen LogP contribution in [0.2, 0.25) is 0 Å². The van der Waals surface area contributed by atoms with Gasteiger partial charge in [-0.2, -0.15) is 0 Å². The molecule has 0 aromatic carbocycles. The van der Waals surface area contributed by atoms with Gasteiger partial charge in [-0.1, -0.05) is 76.9 Å². The molecule has 1 fully saturated rings. The third-order valence-corrected chi connectivity index (χ3v) is 6.63. The Labute approximate surface area is 222 Å². The lowest BCUT2D eigenvalue weighted by Crippen LogP contribution is -2.32. The second-order valence-corrected chi connectivity index (χ2v) is 11.6. The van der Waals surface area contributed by atoms with Gasteiger partial charge >= 0.3 is 5.97 Å². The zero-order chi connectivity index (χ0) is 26.5. The molecule has 0 amide bonds. The largest absolute Gasteiger partial charge is 0.460 e. The Bertz CT molecular complexity index is 548. The molecule has 212 valence electrons. The molecule has 1 heterocycles. The fraction of sp³-hybridized carbons (Fsp3) is 0.903. The molecule has 0 aromatic heterocycles. The molecule has 5 heteroatoms. The highest BCUT2D eigenvalue weighted by Gasteiger charge is 2.25. The van der Waals surface area contributed by atoms with Crippen molar-refractivity contribution in [2.75, 3.05) is 6.61 Å². The van der Waals surface area contributed by atoms with Crippen molar-refractivity contribution in [1.29, 1.82) is 0 Å². The summed E-state index contributed by atoms with van der Waals surface area (Å²) in [4.78, 5) is 12.1. The maximum absolute atomic E-state index is 12.1. The second kappa shape index (κ2) is 21.1. The van der Waals surface area contributed by atoms with Gasteiger partial charge in [-0.3, -0.25) is 4.79 Å². The number of esters is 1. The number of hydrogen-bond acceptors (Lipinski definition) is 5. The number of allylic oxidation sites excluding steroid dienone is 2. The summed E-state index contributed by atoms with van der Waals surface area (Å²) >= 11 is 0. The maximum Gasteiger partial charge on any atom is 0.308 e. The number of aliphatic hydroxyl groups is 1. The van der Waals surface area contributed by atoms with Crippen molar-refractivity contribution in [2.45, 2.75) is 174 Å². The smallest absolute Gasteiger partial charge is 0.308 e. The Hall–Kier alpha value is -0.910. The highest BCUT2D eigenvalue weighted by molar-refractivity contribution is 5.70. The molecule has 1 saturated heterocycles. The Balaban J connectivity index is 2.20. The van der Waals surface area contributed by atoms with Gasteiger partial charge in [0.1, 0.15) is 5.60 Å². The Morgan fingerprint density at radius 2 is 1.56 bits per heavy atom. The minimum absolute atomic E-state index is 0.00896. The molecule has 1 unspecified atom stereocenters. The molecule has 1 N–H and O–H groups in total. The third kappa shape index (κ3) is 20.2. The molecule has 0 radical (unpaired) electrons.